The summed E-state index contributed by atoms with van der Waals surface area (Å²) in [5.41, 5.74) is 1.25. The number of carbonyl (C=O) groups is 2. The van der Waals surface area contributed by atoms with Crippen LogP contribution in [-0.2, 0) is 11.2 Å². The van der Waals surface area contributed by atoms with Crippen LogP contribution in [0.3, 0.4) is 0 Å². The molecule has 3 aromatic rings. The van der Waals surface area contributed by atoms with E-state index in [0.29, 0.717) is 21.4 Å². The van der Waals surface area contributed by atoms with E-state index >= 15 is 0 Å². The molecule has 0 aliphatic carbocycles. The van der Waals surface area contributed by atoms with Gasteiger partial charge in [-0.05, 0) is 36.2 Å². The number of benzene rings is 1. The minimum atomic E-state index is -0.512. The Morgan fingerprint density at radius 1 is 1.10 bits per heavy atom. The summed E-state index contributed by atoms with van der Waals surface area (Å²) in [6.07, 6.45) is 2.33. The highest BCUT2D eigenvalue weighted by molar-refractivity contribution is 7.18. The summed E-state index contributed by atoms with van der Waals surface area (Å²) < 4.78 is 13.0. The van der Waals surface area contributed by atoms with Gasteiger partial charge in [-0.25, -0.2) is 9.37 Å². The van der Waals surface area contributed by atoms with Gasteiger partial charge in [0.25, 0.3) is 5.91 Å². The fraction of sp³-hybridized carbons (Fsp3) is 0.286. The van der Waals surface area contributed by atoms with Gasteiger partial charge in [0.15, 0.2) is 5.13 Å². The lowest BCUT2D eigenvalue weighted by Crippen LogP contribution is -2.27. The van der Waals surface area contributed by atoms with Crippen molar-refractivity contribution in [3.63, 3.8) is 0 Å². The molecular weight excluding hydrogens is 409 g/mol. The zero-order valence-corrected chi connectivity index (χ0v) is 18.3. The zero-order chi connectivity index (χ0) is 21.2. The highest BCUT2D eigenvalue weighted by Crippen LogP contribution is 2.30. The molecule has 0 atom stereocenters. The molecule has 0 saturated heterocycles. The van der Waals surface area contributed by atoms with E-state index in [2.05, 4.69) is 15.6 Å². The summed E-state index contributed by atoms with van der Waals surface area (Å²) in [5.74, 6) is -0.627. The van der Waals surface area contributed by atoms with Crippen LogP contribution in [0, 0.1) is 18.2 Å². The molecular formula is C21H22FN3O2S2. The molecule has 0 radical (unpaired) electrons. The summed E-state index contributed by atoms with van der Waals surface area (Å²) >= 11 is 2.62. The smallest absolute Gasteiger partial charge is 0.267 e. The van der Waals surface area contributed by atoms with Crippen molar-refractivity contribution in [2.45, 2.75) is 34.1 Å². The third-order valence-corrected chi connectivity index (χ3v) is 6.17. The van der Waals surface area contributed by atoms with Crippen LogP contribution in [0.1, 0.15) is 46.4 Å². The van der Waals surface area contributed by atoms with E-state index < -0.39 is 5.41 Å². The Balaban J connectivity index is 1.65. The predicted octanol–water partition coefficient (Wildman–Crippen LogP) is 5.48. The van der Waals surface area contributed by atoms with Crippen molar-refractivity contribution in [1.29, 1.82) is 0 Å². The highest BCUT2D eigenvalue weighted by atomic mass is 32.1. The number of amides is 2. The number of thiophene rings is 1. The third kappa shape index (κ3) is 5.48. The minimum Gasteiger partial charge on any atom is -0.317 e. The fourth-order valence-electron chi connectivity index (χ4n) is 2.47. The van der Waals surface area contributed by atoms with Gasteiger partial charge >= 0.3 is 0 Å². The van der Waals surface area contributed by atoms with Crippen molar-refractivity contribution in [3.05, 3.63) is 63.2 Å². The van der Waals surface area contributed by atoms with Crippen molar-refractivity contribution in [3.8, 4) is 0 Å². The Bertz CT molecular complexity index is 1030. The summed E-state index contributed by atoms with van der Waals surface area (Å²) in [6, 6.07) is 8.11. The number of hydrogen-bond acceptors (Lipinski definition) is 5. The summed E-state index contributed by atoms with van der Waals surface area (Å²) in [7, 11) is 0. The first-order valence-electron chi connectivity index (χ1n) is 9.04. The monoisotopic (exact) mass is 431 g/mol. The first-order valence-corrected chi connectivity index (χ1v) is 10.7. The molecule has 3 rings (SSSR count). The van der Waals surface area contributed by atoms with Crippen molar-refractivity contribution >= 4 is 44.6 Å². The molecule has 5 nitrogen and oxygen atoms in total. The molecule has 0 fully saturated rings. The van der Waals surface area contributed by atoms with Crippen LogP contribution < -0.4 is 10.6 Å². The number of anilines is 2. The molecule has 2 heterocycles. The topological polar surface area (TPSA) is 71.1 Å². The normalized spacial score (nSPS) is 11.3. The Morgan fingerprint density at radius 2 is 1.79 bits per heavy atom. The molecule has 0 saturated carbocycles. The standard InChI is InChI=1S/C21H22FN3O2S2/c1-12-9-16(24-19(27)21(2,3)4)29-17(12)18(26)25-20-23-11-15(28-20)10-13-5-7-14(22)8-6-13/h5-9,11H,10H2,1-4H3,(H,24,27)(H,23,25,26). The number of carbonyl (C=O) groups excluding carboxylic acids is 2. The molecule has 2 aromatic heterocycles. The lowest BCUT2D eigenvalue weighted by molar-refractivity contribution is -0.123. The lowest BCUT2D eigenvalue weighted by Gasteiger charge is -2.16. The predicted molar refractivity (Wildman–Crippen MR) is 116 cm³/mol. The number of nitrogens with zero attached hydrogens (tertiary/aromatic N) is 1. The maximum absolute atomic E-state index is 13.0. The van der Waals surface area contributed by atoms with E-state index in [1.165, 1.54) is 34.8 Å². The number of rotatable bonds is 5. The van der Waals surface area contributed by atoms with Crippen LogP contribution in [0.4, 0.5) is 14.5 Å². The maximum atomic E-state index is 13.0. The zero-order valence-electron chi connectivity index (χ0n) is 16.6. The second kappa shape index (κ2) is 8.42. The maximum Gasteiger partial charge on any atom is 0.267 e. The Kier molecular flexibility index (Phi) is 6.14. The van der Waals surface area contributed by atoms with Gasteiger partial charge in [0.05, 0.1) is 9.88 Å². The second-order valence-electron chi connectivity index (χ2n) is 7.72. The summed E-state index contributed by atoms with van der Waals surface area (Å²) in [4.78, 5) is 30.6. The Labute approximate surface area is 177 Å². The van der Waals surface area contributed by atoms with Crippen molar-refractivity contribution in [2.24, 2.45) is 5.41 Å². The molecule has 2 amide bonds. The third-order valence-electron chi connectivity index (χ3n) is 4.11. The highest BCUT2D eigenvalue weighted by Gasteiger charge is 2.23. The van der Waals surface area contributed by atoms with Gasteiger partial charge < -0.3 is 5.32 Å². The van der Waals surface area contributed by atoms with E-state index in [0.717, 1.165) is 16.0 Å². The summed E-state index contributed by atoms with van der Waals surface area (Å²) in [5, 5.41) is 6.82. The second-order valence-corrected chi connectivity index (χ2v) is 9.88. The molecule has 0 spiro atoms. The lowest BCUT2D eigenvalue weighted by atomic mass is 9.96. The summed E-state index contributed by atoms with van der Waals surface area (Å²) in [6.45, 7) is 7.34. The van der Waals surface area contributed by atoms with Gasteiger partial charge in [-0.2, -0.15) is 0 Å². The van der Waals surface area contributed by atoms with Crippen molar-refractivity contribution < 1.29 is 14.0 Å². The van der Waals surface area contributed by atoms with Crippen LogP contribution in [0.5, 0.6) is 0 Å². The first kappa shape index (κ1) is 21.1. The van der Waals surface area contributed by atoms with E-state index in [1.54, 1.807) is 24.4 Å². The van der Waals surface area contributed by atoms with E-state index in [-0.39, 0.29) is 17.6 Å². The number of thiazole rings is 1. The quantitative estimate of drug-likeness (QED) is 0.562. The first-order chi connectivity index (χ1) is 13.6. The molecule has 29 heavy (non-hydrogen) atoms. The molecule has 0 aliphatic heterocycles. The van der Waals surface area contributed by atoms with E-state index in [9.17, 15) is 14.0 Å². The molecule has 0 aliphatic rings. The van der Waals surface area contributed by atoms with Crippen LogP contribution in [0.15, 0.2) is 36.5 Å². The molecule has 0 bridgehead atoms. The largest absolute Gasteiger partial charge is 0.317 e. The molecule has 0 unspecified atom stereocenters. The number of hydrogen-bond donors (Lipinski definition) is 2. The van der Waals surface area contributed by atoms with Gasteiger partial charge in [0.2, 0.25) is 5.91 Å². The number of halogens is 1. The van der Waals surface area contributed by atoms with Crippen molar-refractivity contribution in [1.82, 2.24) is 4.98 Å². The molecule has 2 N–H and O–H groups in total. The Hall–Kier alpha value is -2.58. The van der Waals surface area contributed by atoms with Gasteiger partial charge in [-0.1, -0.05) is 32.9 Å². The molecule has 152 valence electrons. The van der Waals surface area contributed by atoms with Crippen LogP contribution in [0.2, 0.25) is 0 Å². The van der Waals surface area contributed by atoms with Crippen molar-refractivity contribution in [2.75, 3.05) is 10.6 Å². The van der Waals surface area contributed by atoms with E-state index in [4.69, 9.17) is 0 Å². The van der Waals surface area contributed by atoms with Crippen LogP contribution in [-0.4, -0.2) is 16.8 Å². The number of aromatic nitrogens is 1. The van der Waals surface area contributed by atoms with Gasteiger partial charge in [0.1, 0.15) is 5.82 Å². The number of nitrogens with one attached hydrogen (secondary N) is 2. The SMILES string of the molecule is Cc1cc(NC(=O)C(C)(C)C)sc1C(=O)Nc1ncc(Cc2ccc(F)cc2)s1. The molecule has 1 aromatic carbocycles. The average Bonchev–Trinajstić information content (AvgIpc) is 3.22. The average molecular weight is 432 g/mol. The van der Waals surface area contributed by atoms with Gasteiger partial charge in [-0.3, -0.25) is 14.9 Å². The Morgan fingerprint density at radius 3 is 2.45 bits per heavy atom. The van der Waals surface area contributed by atoms with E-state index in [1.807, 2.05) is 27.7 Å². The van der Waals surface area contributed by atoms with Gasteiger partial charge in [-0.15, -0.1) is 22.7 Å². The molecule has 8 heteroatoms. The van der Waals surface area contributed by atoms with Crippen LogP contribution in [0.25, 0.3) is 0 Å². The minimum absolute atomic E-state index is 0.101. The fourth-order valence-corrected chi connectivity index (χ4v) is 4.28. The number of aryl methyl sites for hydroxylation is 1. The van der Waals surface area contributed by atoms with Gasteiger partial charge in [0, 0.05) is 22.9 Å². The van der Waals surface area contributed by atoms with Crippen LogP contribution >= 0.6 is 22.7 Å².